The second kappa shape index (κ2) is 8.29. The third-order valence-electron chi connectivity index (χ3n) is 3.41. The van der Waals surface area contributed by atoms with Gasteiger partial charge < -0.3 is 16.0 Å². The minimum atomic E-state index is -0.380. The van der Waals surface area contributed by atoms with Crippen LogP contribution in [0, 0.1) is 0 Å². The second-order valence-electron chi connectivity index (χ2n) is 5.62. The van der Waals surface area contributed by atoms with Gasteiger partial charge in [-0.05, 0) is 42.5 Å². The zero-order valence-electron chi connectivity index (χ0n) is 14.4. The van der Waals surface area contributed by atoms with Crippen molar-refractivity contribution in [1.82, 2.24) is 9.97 Å². The number of carbonyl (C=O) groups is 2. The number of hydrogen-bond acceptors (Lipinski definition) is 5. The summed E-state index contributed by atoms with van der Waals surface area (Å²) in [6, 6.07) is 15.4. The van der Waals surface area contributed by atoms with Gasteiger partial charge in [-0.2, -0.15) is 0 Å². The molecule has 3 rings (SSSR count). The number of carbonyl (C=O) groups excluding carboxylic acids is 2. The van der Waals surface area contributed by atoms with Crippen molar-refractivity contribution in [2.75, 3.05) is 16.0 Å². The molecular formula is C19H16ClN5O2. The molecule has 0 aliphatic rings. The predicted molar refractivity (Wildman–Crippen MR) is 105 cm³/mol. The molecular weight excluding hydrogens is 366 g/mol. The number of nitrogens with zero attached hydrogens (tertiary/aromatic N) is 2. The molecule has 0 unspecified atom stereocenters. The molecule has 0 aliphatic heterocycles. The maximum Gasteiger partial charge on any atom is 0.274 e. The summed E-state index contributed by atoms with van der Waals surface area (Å²) in [6.45, 7) is 1.44. The Labute approximate surface area is 160 Å². The Balaban J connectivity index is 1.73. The van der Waals surface area contributed by atoms with E-state index in [0.717, 1.165) is 0 Å². The molecule has 0 spiro atoms. The Bertz CT molecular complexity index is 993. The molecule has 136 valence electrons. The van der Waals surface area contributed by atoms with Crippen LogP contribution >= 0.6 is 11.6 Å². The molecule has 0 saturated heterocycles. The third-order valence-corrected chi connectivity index (χ3v) is 3.64. The van der Waals surface area contributed by atoms with Crippen LogP contribution in [0.25, 0.3) is 0 Å². The number of aromatic nitrogens is 2. The number of amides is 2. The highest BCUT2D eigenvalue weighted by Crippen LogP contribution is 2.19. The summed E-state index contributed by atoms with van der Waals surface area (Å²) >= 11 is 5.92. The van der Waals surface area contributed by atoms with Crippen LogP contribution in [0.2, 0.25) is 5.02 Å². The van der Waals surface area contributed by atoms with E-state index < -0.39 is 0 Å². The highest BCUT2D eigenvalue weighted by molar-refractivity contribution is 6.30. The Morgan fingerprint density at radius 2 is 1.63 bits per heavy atom. The topological polar surface area (TPSA) is 96.0 Å². The molecule has 27 heavy (non-hydrogen) atoms. The summed E-state index contributed by atoms with van der Waals surface area (Å²) in [5.41, 5.74) is 2.09. The lowest BCUT2D eigenvalue weighted by atomic mass is 10.2. The molecule has 3 aromatic rings. The van der Waals surface area contributed by atoms with E-state index in [2.05, 4.69) is 25.9 Å². The van der Waals surface area contributed by atoms with E-state index in [1.807, 2.05) is 0 Å². The normalized spacial score (nSPS) is 10.1. The van der Waals surface area contributed by atoms with E-state index >= 15 is 0 Å². The highest BCUT2D eigenvalue weighted by atomic mass is 35.5. The minimum Gasteiger partial charge on any atom is -0.326 e. The van der Waals surface area contributed by atoms with Gasteiger partial charge >= 0.3 is 0 Å². The number of hydrogen-bond donors (Lipinski definition) is 3. The monoisotopic (exact) mass is 381 g/mol. The first-order valence-electron chi connectivity index (χ1n) is 8.04. The zero-order valence-corrected chi connectivity index (χ0v) is 15.1. The van der Waals surface area contributed by atoms with Gasteiger partial charge in [0, 0.05) is 35.2 Å². The second-order valence-corrected chi connectivity index (χ2v) is 6.05. The molecule has 0 radical (unpaired) electrons. The van der Waals surface area contributed by atoms with Gasteiger partial charge in [0.15, 0.2) is 0 Å². The van der Waals surface area contributed by atoms with E-state index in [1.54, 1.807) is 48.5 Å². The summed E-state index contributed by atoms with van der Waals surface area (Å²) in [5, 5.41) is 8.97. The number of halogens is 1. The van der Waals surface area contributed by atoms with Gasteiger partial charge in [0.1, 0.15) is 5.69 Å². The lowest BCUT2D eigenvalue weighted by molar-refractivity contribution is -0.114. The Hall–Kier alpha value is -3.45. The standard InChI is InChI=1S/C19H16ClN5O2/c1-12(26)22-15-6-3-7-16(11-15)24-19-21-9-8-17(25-19)18(27)23-14-5-2-4-13(20)10-14/h2-11H,1H3,(H,22,26)(H,23,27)(H,21,24,25). The molecule has 0 atom stereocenters. The van der Waals surface area contributed by atoms with Gasteiger partial charge in [-0.3, -0.25) is 9.59 Å². The van der Waals surface area contributed by atoms with Crippen LogP contribution in [0.15, 0.2) is 60.8 Å². The van der Waals surface area contributed by atoms with E-state index in [0.29, 0.717) is 22.1 Å². The molecule has 2 amide bonds. The van der Waals surface area contributed by atoms with Crippen molar-refractivity contribution in [3.63, 3.8) is 0 Å². The smallest absolute Gasteiger partial charge is 0.274 e. The molecule has 0 aliphatic carbocycles. The quantitative estimate of drug-likeness (QED) is 0.618. The molecule has 8 heteroatoms. The third kappa shape index (κ3) is 5.26. The van der Waals surface area contributed by atoms with E-state index in [4.69, 9.17) is 11.6 Å². The number of rotatable bonds is 5. The van der Waals surface area contributed by atoms with Crippen LogP contribution in [0.4, 0.5) is 23.0 Å². The SMILES string of the molecule is CC(=O)Nc1cccc(Nc2nccc(C(=O)Nc3cccc(Cl)c3)n2)c1. The van der Waals surface area contributed by atoms with Crippen LogP contribution in [-0.2, 0) is 4.79 Å². The van der Waals surface area contributed by atoms with Crippen molar-refractivity contribution in [2.24, 2.45) is 0 Å². The van der Waals surface area contributed by atoms with E-state index in [1.165, 1.54) is 19.2 Å². The van der Waals surface area contributed by atoms with Gasteiger partial charge in [0.25, 0.3) is 5.91 Å². The van der Waals surface area contributed by atoms with Gasteiger partial charge in [0.2, 0.25) is 11.9 Å². The highest BCUT2D eigenvalue weighted by Gasteiger charge is 2.10. The van der Waals surface area contributed by atoms with Crippen LogP contribution in [-0.4, -0.2) is 21.8 Å². The maximum atomic E-state index is 12.4. The Morgan fingerprint density at radius 1 is 0.926 bits per heavy atom. The molecule has 1 heterocycles. The van der Waals surface area contributed by atoms with Crippen LogP contribution in [0.1, 0.15) is 17.4 Å². The van der Waals surface area contributed by atoms with Crippen molar-refractivity contribution >= 4 is 46.4 Å². The minimum absolute atomic E-state index is 0.164. The van der Waals surface area contributed by atoms with Crippen LogP contribution in [0.5, 0.6) is 0 Å². The molecule has 7 nitrogen and oxygen atoms in total. The predicted octanol–water partition coefficient (Wildman–Crippen LogP) is 4.08. The lowest BCUT2D eigenvalue weighted by Crippen LogP contribution is -2.14. The number of anilines is 4. The van der Waals surface area contributed by atoms with Crippen LogP contribution < -0.4 is 16.0 Å². The molecule has 0 fully saturated rings. The van der Waals surface area contributed by atoms with E-state index in [-0.39, 0.29) is 23.5 Å². The number of benzene rings is 2. The van der Waals surface area contributed by atoms with Crippen molar-refractivity contribution in [3.8, 4) is 0 Å². The lowest BCUT2D eigenvalue weighted by Gasteiger charge is -2.09. The summed E-state index contributed by atoms with van der Waals surface area (Å²) in [6.07, 6.45) is 1.49. The molecule has 1 aromatic heterocycles. The van der Waals surface area contributed by atoms with E-state index in [9.17, 15) is 9.59 Å². The average molecular weight is 382 g/mol. The van der Waals surface area contributed by atoms with Crippen molar-refractivity contribution in [3.05, 3.63) is 71.5 Å². The average Bonchev–Trinajstić information content (AvgIpc) is 2.62. The fraction of sp³-hybridized carbons (Fsp3) is 0.0526. The van der Waals surface area contributed by atoms with Crippen molar-refractivity contribution in [1.29, 1.82) is 0 Å². The zero-order chi connectivity index (χ0) is 19.2. The number of nitrogens with one attached hydrogen (secondary N) is 3. The molecule has 3 N–H and O–H groups in total. The molecule has 0 saturated carbocycles. The first-order valence-corrected chi connectivity index (χ1v) is 8.42. The fourth-order valence-electron chi connectivity index (χ4n) is 2.31. The van der Waals surface area contributed by atoms with Gasteiger partial charge in [0.05, 0.1) is 0 Å². The maximum absolute atomic E-state index is 12.4. The molecule has 2 aromatic carbocycles. The first kappa shape index (κ1) is 18.3. The van der Waals surface area contributed by atoms with Crippen LogP contribution in [0.3, 0.4) is 0 Å². The molecule has 0 bridgehead atoms. The van der Waals surface area contributed by atoms with Gasteiger partial charge in [-0.25, -0.2) is 9.97 Å². The summed E-state index contributed by atoms with van der Waals surface area (Å²) in [4.78, 5) is 31.9. The van der Waals surface area contributed by atoms with Crippen molar-refractivity contribution < 1.29 is 9.59 Å². The van der Waals surface area contributed by atoms with Gasteiger partial charge in [-0.15, -0.1) is 0 Å². The Morgan fingerprint density at radius 3 is 2.37 bits per heavy atom. The Kier molecular flexibility index (Phi) is 5.63. The van der Waals surface area contributed by atoms with Crippen molar-refractivity contribution in [2.45, 2.75) is 6.92 Å². The summed E-state index contributed by atoms with van der Waals surface area (Å²) in [5.74, 6) is -0.286. The summed E-state index contributed by atoms with van der Waals surface area (Å²) < 4.78 is 0. The fourth-order valence-corrected chi connectivity index (χ4v) is 2.50. The summed E-state index contributed by atoms with van der Waals surface area (Å²) in [7, 11) is 0. The van der Waals surface area contributed by atoms with Gasteiger partial charge in [-0.1, -0.05) is 23.7 Å². The first-order chi connectivity index (χ1) is 13.0. The largest absolute Gasteiger partial charge is 0.326 e.